The van der Waals surface area contributed by atoms with Crippen LogP contribution >= 0.6 is 0 Å². The fourth-order valence-corrected chi connectivity index (χ4v) is 1.48. The highest BCUT2D eigenvalue weighted by atomic mass is 16.4. The van der Waals surface area contributed by atoms with Crippen LogP contribution in [0.3, 0.4) is 0 Å². The summed E-state index contributed by atoms with van der Waals surface area (Å²) in [6, 6.07) is 9.86. The fraction of sp³-hybridized carbons (Fsp3) is 0.214. The third-order valence-corrected chi connectivity index (χ3v) is 2.28. The first kappa shape index (κ1) is 12.2. The second kappa shape index (κ2) is 6.62. The van der Waals surface area contributed by atoms with Crippen molar-refractivity contribution in [2.75, 3.05) is 0 Å². The summed E-state index contributed by atoms with van der Waals surface area (Å²) in [5, 5.41) is 8.69. The number of hydrogen-bond donors (Lipinski definition) is 1. The molecular formula is C14H16O2. The number of benzene rings is 1. The van der Waals surface area contributed by atoms with Gasteiger partial charge in [-0.2, -0.15) is 0 Å². The Balaban J connectivity index is 2.79. The average Bonchev–Trinajstić information content (AvgIpc) is 2.30. The van der Waals surface area contributed by atoms with Gasteiger partial charge in [-0.05, 0) is 24.0 Å². The average molecular weight is 216 g/mol. The molecule has 0 aliphatic heterocycles. The molecule has 0 amide bonds. The Hall–Kier alpha value is -1.83. The minimum atomic E-state index is -0.763. The maximum absolute atomic E-state index is 10.6. The van der Waals surface area contributed by atoms with Crippen molar-refractivity contribution >= 4 is 11.5 Å². The molecule has 0 fully saturated rings. The van der Waals surface area contributed by atoms with Crippen molar-refractivity contribution in [3.8, 4) is 0 Å². The molecule has 0 spiro atoms. The predicted molar refractivity (Wildman–Crippen MR) is 66.1 cm³/mol. The second-order valence-corrected chi connectivity index (χ2v) is 3.51. The van der Waals surface area contributed by atoms with E-state index >= 15 is 0 Å². The van der Waals surface area contributed by atoms with Crippen molar-refractivity contribution < 1.29 is 9.90 Å². The molecule has 0 unspecified atom stereocenters. The van der Waals surface area contributed by atoms with Crippen molar-refractivity contribution in [2.45, 2.75) is 19.3 Å². The number of carboxylic acid groups (broad SMARTS) is 1. The number of rotatable bonds is 6. The molecule has 1 aromatic carbocycles. The van der Waals surface area contributed by atoms with Crippen LogP contribution in [0.4, 0.5) is 0 Å². The van der Waals surface area contributed by atoms with Crippen LogP contribution in [0.25, 0.3) is 5.57 Å². The zero-order valence-corrected chi connectivity index (χ0v) is 9.23. The Bertz CT molecular complexity index is 377. The Labute approximate surface area is 95.9 Å². The molecule has 0 heterocycles. The SMILES string of the molecule is C=CC/C=C(/CCC(=O)O)c1ccccc1. The van der Waals surface area contributed by atoms with Crippen molar-refractivity contribution in [3.05, 3.63) is 54.6 Å². The van der Waals surface area contributed by atoms with Gasteiger partial charge in [0, 0.05) is 6.42 Å². The molecule has 0 aliphatic rings. The highest BCUT2D eigenvalue weighted by Gasteiger charge is 2.03. The summed E-state index contributed by atoms with van der Waals surface area (Å²) in [4.78, 5) is 10.6. The molecule has 0 aromatic heterocycles. The summed E-state index contributed by atoms with van der Waals surface area (Å²) in [6.45, 7) is 3.66. The van der Waals surface area contributed by atoms with Gasteiger partial charge < -0.3 is 5.11 Å². The third kappa shape index (κ3) is 4.13. The first-order valence-corrected chi connectivity index (χ1v) is 5.31. The van der Waals surface area contributed by atoms with E-state index in [4.69, 9.17) is 5.11 Å². The molecule has 0 bridgehead atoms. The van der Waals surface area contributed by atoms with Crippen molar-refractivity contribution in [1.29, 1.82) is 0 Å². The number of carbonyl (C=O) groups is 1. The van der Waals surface area contributed by atoms with E-state index in [2.05, 4.69) is 6.58 Å². The van der Waals surface area contributed by atoms with E-state index in [1.54, 1.807) is 0 Å². The topological polar surface area (TPSA) is 37.3 Å². The van der Waals surface area contributed by atoms with Crippen LogP contribution < -0.4 is 0 Å². The largest absolute Gasteiger partial charge is 0.481 e. The van der Waals surface area contributed by atoms with Crippen LogP contribution in [0, 0.1) is 0 Å². The standard InChI is InChI=1S/C14H16O2/c1-2-3-7-13(10-11-14(15)16)12-8-5-4-6-9-12/h2,4-9H,1,3,10-11H2,(H,15,16)/b13-7-. The Morgan fingerprint density at radius 1 is 1.25 bits per heavy atom. The number of carboxylic acids is 1. The molecule has 0 saturated carbocycles. The fourth-order valence-electron chi connectivity index (χ4n) is 1.48. The number of hydrogen-bond acceptors (Lipinski definition) is 1. The Morgan fingerprint density at radius 2 is 1.94 bits per heavy atom. The second-order valence-electron chi connectivity index (χ2n) is 3.51. The molecule has 16 heavy (non-hydrogen) atoms. The monoisotopic (exact) mass is 216 g/mol. The van der Waals surface area contributed by atoms with Gasteiger partial charge in [0.05, 0.1) is 0 Å². The summed E-state index contributed by atoms with van der Waals surface area (Å²) in [7, 11) is 0. The minimum Gasteiger partial charge on any atom is -0.481 e. The summed E-state index contributed by atoms with van der Waals surface area (Å²) in [5.74, 6) is -0.763. The smallest absolute Gasteiger partial charge is 0.303 e. The summed E-state index contributed by atoms with van der Waals surface area (Å²) in [6.07, 6.45) is 5.34. The van der Waals surface area contributed by atoms with Crippen LogP contribution in [0.2, 0.25) is 0 Å². The maximum Gasteiger partial charge on any atom is 0.303 e. The van der Waals surface area contributed by atoms with Crippen LogP contribution in [0.5, 0.6) is 0 Å². The van der Waals surface area contributed by atoms with E-state index in [1.165, 1.54) is 0 Å². The molecule has 0 radical (unpaired) electrons. The molecule has 0 aliphatic carbocycles. The highest BCUT2D eigenvalue weighted by Crippen LogP contribution is 2.20. The van der Waals surface area contributed by atoms with E-state index in [0.29, 0.717) is 6.42 Å². The summed E-state index contributed by atoms with van der Waals surface area (Å²) >= 11 is 0. The lowest BCUT2D eigenvalue weighted by molar-refractivity contribution is -0.136. The van der Waals surface area contributed by atoms with Crippen LogP contribution in [0.1, 0.15) is 24.8 Å². The van der Waals surface area contributed by atoms with Gasteiger partial charge in [0.25, 0.3) is 0 Å². The van der Waals surface area contributed by atoms with Crippen molar-refractivity contribution in [3.63, 3.8) is 0 Å². The van der Waals surface area contributed by atoms with Gasteiger partial charge in [0.1, 0.15) is 0 Å². The predicted octanol–water partition coefficient (Wildman–Crippen LogP) is 3.51. The van der Waals surface area contributed by atoms with E-state index in [-0.39, 0.29) is 6.42 Å². The van der Waals surface area contributed by atoms with Gasteiger partial charge in [-0.25, -0.2) is 0 Å². The van der Waals surface area contributed by atoms with E-state index < -0.39 is 5.97 Å². The molecule has 2 nitrogen and oxygen atoms in total. The summed E-state index contributed by atoms with van der Waals surface area (Å²) in [5.41, 5.74) is 2.16. The molecular weight excluding hydrogens is 200 g/mol. The summed E-state index contributed by atoms with van der Waals surface area (Å²) < 4.78 is 0. The van der Waals surface area contributed by atoms with E-state index in [0.717, 1.165) is 17.6 Å². The number of aliphatic carboxylic acids is 1. The van der Waals surface area contributed by atoms with Crippen LogP contribution in [-0.4, -0.2) is 11.1 Å². The van der Waals surface area contributed by atoms with E-state index in [9.17, 15) is 4.79 Å². The molecule has 1 aromatic rings. The van der Waals surface area contributed by atoms with Gasteiger partial charge in [0.15, 0.2) is 0 Å². The number of allylic oxidation sites excluding steroid dienone is 3. The van der Waals surface area contributed by atoms with Crippen molar-refractivity contribution in [2.24, 2.45) is 0 Å². The Kier molecular flexibility index (Phi) is 5.06. The molecule has 2 heteroatoms. The van der Waals surface area contributed by atoms with Gasteiger partial charge >= 0.3 is 5.97 Å². The van der Waals surface area contributed by atoms with Crippen molar-refractivity contribution in [1.82, 2.24) is 0 Å². The van der Waals surface area contributed by atoms with Gasteiger partial charge in [-0.15, -0.1) is 6.58 Å². The molecule has 84 valence electrons. The molecule has 0 atom stereocenters. The third-order valence-electron chi connectivity index (χ3n) is 2.28. The van der Waals surface area contributed by atoms with Gasteiger partial charge in [-0.3, -0.25) is 4.79 Å². The quantitative estimate of drug-likeness (QED) is 0.739. The van der Waals surface area contributed by atoms with Crippen LogP contribution in [0.15, 0.2) is 49.1 Å². The maximum atomic E-state index is 10.6. The lowest BCUT2D eigenvalue weighted by Crippen LogP contribution is -1.95. The lowest BCUT2D eigenvalue weighted by Gasteiger charge is -2.05. The zero-order valence-electron chi connectivity index (χ0n) is 9.23. The Morgan fingerprint density at radius 3 is 2.50 bits per heavy atom. The molecule has 1 rings (SSSR count). The van der Waals surface area contributed by atoms with E-state index in [1.807, 2.05) is 42.5 Å². The zero-order chi connectivity index (χ0) is 11.8. The molecule has 1 N–H and O–H groups in total. The highest BCUT2D eigenvalue weighted by molar-refractivity contribution is 5.72. The lowest BCUT2D eigenvalue weighted by atomic mass is 10.00. The van der Waals surface area contributed by atoms with Gasteiger partial charge in [0.2, 0.25) is 0 Å². The van der Waals surface area contributed by atoms with Gasteiger partial charge in [-0.1, -0.05) is 42.5 Å². The first-order valence-electron chi connectivity index (χ1n) is 5.31. The first-order chi connectivity index (χ1) is 7.74. The molecule has 0 saturated heterocycles. The minimum absolute atomic E-state index is 0.165. The van der Waals surface area contributed by atoms with Crippen LogP contribution in [-0.2, 0) is 4.79 Å². The normalized spacial score (nSPS) is 11.1.